The second-order valence-corrected chi connectivity index (χ2v) is 8.06. The Kier molecular flexibility index (Phi) is 6.54. The minimum Gasteiger partial charge on any atom is -0.371 e. The Morgan fingerprint density at radius 2 is 1.85 bits per heavy atom. The summed E-state index contributed by atoms with van der Waals surface area (Å²) in [5, 5.41) is 3.13. The zero-order chi connectivity index (χ0) is 19.2. The molecule has 1 heterocycles. The molecule has 0 aliphatic carbocycles. The van der Waals surface area contributed by atoms with E-state index in [0.717, 1.165) is 31.0 Å². The van der Waals surface area contributed by atoms with Crippen molar-refractivity contribution in [3.05, 3.63) is 65.2 Å². The van der Waals surface area contributed by atoms with Crippen molar-refractivity contribution in [2.45, 2.75) is 52.5 Å². The number of nitrogens with zero attached hydrogens (tertiary/aromatic N) is 1. The lowest BCUT2D eigenvalue weighted by atomic mass is 9.99. The van der Waals surface area contributed by atoms with E-state index in [2.05, 4.69) is 79.5 Å². The Labute approximate surface area is 163 Å². The summed E-state index contributed by atoms with van der Waals surface area (Å²) in [7, 11) is 0. The van der Waals surface area contributed by atoms with E-state index in [-0.39, 0.29) is 11.9 Å². The lowest BCUT2D eigenvalue weighted by Gasteiger charge is -2.33. The van der Waals surface area contributed by atoms with Crippen LogP contribution < -0.4 is 10.2 Å². The van der Waals surface area contributed by atoms with Gasteiger partial charge >= 0.3 is 0 Å². The zero-order valence-corrected chi connectivity index (χ0v) is 16.9. The van der Waals surface area contributed by atoms with Crippen molar-refractivity contribution in [2.24, 2.45) is 5.92 Å². The molecule has 3 rings (SSSR count). The molecule has 0 bridgehead atoms. The number of nitrogens with one attached hydrogen (secondary N) is 1. The maximum absolute atomic E-state index is 12.3. The number of amides is 1. The molecule has 0 unspecified atom stereocenters. The minimum atomic E-state index is 0.0323. The van der Waals surface area contributed by atoms with E-state index in [1.807, 2.05) is 0 Å². The highest BCUT2D eigenvalue weighted by Gasteiger charge is 2.17. The number of aryl methyl sites for hydroxylation is 2. The molecule has 1 fully saturated rings. The fourth-order valence-corrected chi connectivity index (χ4v) is 3.81. The molecular formula is C24H32N2O. The average molecular weight is 365 g/mol. The largest absolute Gasteiger partial charge is 0.371 e. The van der Waals surface area contributed by atoms with Gasteiger partial charge < -0.3 is 10.2 Å². The Morgan fingerprint density at radius 1 is 1.15 bits per heavy atom. The van der Waals surface area contributed by atoms with Gasteiger partial charge in [0.25, 0.3) is 0 Å². The van der Waals surface area contributed by atoms with Gasteiger partial charge in [-0.2, -0.15) is 0 Å². The fraction of sp³-hybridized carbons (Fsp3) is 0.458. The van der Waals surface area contributed by atoms with Crippen LogP contribution in [0.4, 0.5) is 5.69 Å². The van der Waals surface area contributed by atoms with Crippen LogP contribution in [0.5, 0.6) is 0 Å². The van der Waals surface area contributed by atoms with Crippen molar-refractivity contribution < 1.29 is 4.79 Å². The third-order valence-corrected chi connectivity index (χ3v) is 5.55. The van der Waals surface area contributed by atoms with E-state index in [1.165, 1.54) is 29.7 Å². The van der Waals surface area contributed by atoms with Gasteiger partial charge in [-0.25, -0.2) is 0 Å². The van der Waals surface area contributed by atoms with E-state index in [4.69, 9.17) is 0 Å². The number of carbonyl (C=O) groups excluding carboxylic acids is 1. The van der Waals surface area contributed by atoms with Crippen molar-refractivity contribution in [3.8, 4) is 0 Å². The van der Waals surface area contributed by atoms with Crippen LogP contribution >= 0.6 is 0 Å². The standard InChI is InChI=1S/C24H32N2O/c1-18-6-8-21(9-7-18)10-15-24(27)25-20(3)22-11-13-23(14-12-22)26-16-4-5-19(2)17-26/h6-9,11-14,19-20H,4-5,10,15-17H2,1-3H3,(H,25,27)/t19-,20+/m0/s1. The number of piperidine rings is 1. The van der Waals surface area contributed by atoms with Crippen LogP contribution in [0.25, 0.3) is 0 Å². The van der Waals surface area contributed by atoms with Gasteiger partial charge in [-0.15, -0.1) is 0 Å². The molecule has 0 radical (unpaired) electrons. The van der Waals surface area contributed by atoms with Crippen LogP contribution in [-0.4, -0.2) is 19.0 Å². The van der Waals surface area contributed by atoms with Crippen molar-refractivity contribution in [2.75, 3.05) is 18.0 Å². The average Bonchev–Trinajstić information content (AvgIpc) is 2.67. The van der Waals surface area contributed by atoms with Gasteiger partial charge in [0.15, 0.2) is 0 Å². The molecule has 1 amide bonds. The minimum absolute atomic E-state index is 0.0323. The SMILES string of the molecule is Cc1ccc(CCC(=O)N[C@H](C)c2ccc(N3CCC[C@H](C)C3)cc2)cc1. The van der Waals surface area contributed by atoms with E-state index < -0.39 is 0 Å². The number of hydrogen-bond donors (Lipinski definition) is 1. The summed E-state index contributed by atoms with van der Waals surface area (Å²) in [6.45, 7) is 8.76. The van der Waals surface area contributed by atoms with Gasteiger partial charge in [0, 0.05) is 25.2 Å². The normalized spacial score (nSPS) is 18.2. The molecule has 3 nitrogen and oxygen atoms in total. The first-order chi connectivity index (χ1) is 13.0. The summed E-state index contributed by atoms with van der Waals surface area (Å²) in [5.41, 5.74) is 4.92. The monoisotopic (exact) mass is 364 g/mol. The summed E-state index contributed by atoms with van der Waals surface area (Å²) >= 11 is 0. The summed E-state index contributed by atoms with van der Waals surface area (Å²) < 4.78 is 0. The lowest BCUT2D eigenvalue weighted by molar-refractivity contribution is -0.121. The molecule has 0 saturated carbocycles. The Bertz CT molecular complexity index is 736. The molecule has 1 N–H and O–H groups in total. The molecule has 3 heteroatoms. The van der Waals surface area contributed by atoms with Crippen molar-refractivity contribution >= 4 is 11.6 Å². The molecule has 2 atom stereocenters. The topological polar surface area (TPSA) is 32.3 Å². The number of anilines is 1. The Morgan fingerprint density at radius 3 is 2.52 bits per heavy atom. The molecule has 1 aliphatic heterocycles. The number of benzene rings is 2. The molecule has 0 spiro atoms. The van der Waals surface area contributed by atoms with Crippen LogP contribution in [0.1, 0.15) is 55.8 Å². The van der Waals surface area contributed by atoms with Crippen molar-refractivity contribution in [1.82, 2.24) is 5.32 Å². The molecule has 144 valence electrons. The molecule has 2 aromatic rings. The first kappa shape index (κ1) is 19.5. The first-order valence-electron chi connectivity index (χ1n) is 10.2. The van der Waals surface area contributed by atoms with Crippen LogP contribution in [0.2, 0.25) is 0 Å². The van der Waals surface area contributed by atoms with Crippen LogP contribution in [0.3, 0.4) is 0 Å². The highest BCUT2D eigenvalue weighted by molar-refractivity contribution is 5.76. The maximum atomic E-state index is 12.3. The van der Waals surface area contributed by atoms with Crippen molar-refractivity contribution in [3.63, 3.8) is 0 Å². The third-order valence-electron chi connectivity index (χ3n) is 5.55. The van der Waals surface area contributed by atoms with Gasteiger partial charge in [0.05, 0.1) is 6.04 Å². The third kappa shape index (κ3) is 5.59. The molecule has 1 saturated heterocycles. The second-order valence-electron chi connectivity index (χ2n) is 8.06. The Hall–Kier alpha value is -2.29. The fourth-order valence-electron chi connectivity index (χ4n) is 3.81. The summed E-state index contributed by atoms with van der Waals surface area (Å²) in [4.78, 5) is 14.8. The summed E-state index contributed by atoms with van der Waals surface area (Å²) in [6, 6.07) is 17.1. The van der Waals surface area contributed by atoms with Crippen molar-refractivity contribution in [1.29, 1.82) is 0 Å². The number of hydrogen-bond acceptors (Lipinski definition) is 2. The Balaban J connectivity index is 1.50. The molecule has 1 aliphatic rings. The van der Waals surface area contributed by atoms with E-state index in [0.29, 0.717) is 6.42 Å². The number of rotatable bonds is 6. The van der Waals surface area contributed by atoms with Gasteiger partial charge in [-0.3, -0.25) is 4.79 Å². The molecule has 2 aromatic carbocycles. The molecule has 27 heavy (non-hydrogen) atoms. The summed E-state index contributed by atoms with van der Waals surface area (Å²) in [6.07, 6.45) is 3.92. The van der Waals surface area contributed by atoms with E-state index >= 15 is 0 Å². The smallest absolute Gasteiger partial charge is 0.220 e. The van der Waals surface area contributed by atoms with Gasteiger partial charge in [-0.1, -0.05) is 48.9 Å². The second kappa shape index (κ2) is 9.07. The highest BCUT2D eigenvalue weighted by Crippen LogP contribution is 2.24. The molecule has 0 aromatic heterocycles. The quantitative estimate of drug-likeness (QED) is 0.779. The van der Waals surface area contributed by atoms with Crippen LogP contribution in [-0.2, 0) is 11.2 Å². The zero-order valence-electron chi connectivity index (χ0n) is 16.9. The predicted octanol–water partition coefficient (Wildman–Crippen LogP) is 5.04. The van der Waals surface area contributed by atoms with Gasteiger partial charge in [-0.05, 0) is 62.3 Å². The van der Waals surface area contributed by atoms with Gasteiger partial charge in [0.1, 0.15) is 0 Å². The first-order valence-corrected chi connectivity index (χ1v) is 10.2. The van der Waals surface area contributed by atoms with E-state index in [1.54, 1.807) is 0 Å². The lowest BCUT2D eigenvalue weighted by Crippen LogP contribution is -2.34. The van der Waals surface area contributed by atoms with Crippen LogP contribution in [0, 0.1) is 12.8 Å². The van der Waals surface area contributed by atoms with Crippen LogP contribution in [0.15, 0.2) is 48.5 Å². The van der Waals surface area contributed by atoms with E-state index in [9.17, 15) is 4.79 Å². The molecular weight excluding hydrogens is 332 g/mol. The number of carbonyl (C=O) groups is 1. The maximum Gasteiger partial charge on any atom is 0.220 e. The van der Waals surface area contributed by atoms with Gasteiger partial charge in [0.2, 0.25) is 5.91 Å². The summed E-state index contributed by atoms with van der Waals surface area (Å²) in [5.74, 6) is 0.877. The highest BCUT2D eigenvalue weighted by atomic mass is 16.1. The predicted molar refractivity (Wildman–Crippen MR) is 113 cm³/mol.